The van der Waals surface area contributed by atoms with Gasteiger partial charge in [0.25, 0.3) is 0 Å². The third-order valence-corrected chi connectivity index (χ3v) is 3.64. The zero-order valence-electron chi connectivity index (χ0n) is 14.5. The summed E-state index contributed by atoms with van der Waals surface area (Å²) in [6.07, 6.45) is 5.74. The molecule has 0 fully saturated rings. The maximum atomic E-state index is 5.87. The van der Waals surface area contributed by atoms with Crippen LogP contribution in [0, 0.1) is 5.92 Å². The van der Waals surface area contributed by atoms with Crippen molar-refractivity contribution in [2.75, 3.05) is 13.1 Å². The first kappa shape index (κ1) is 20.5. The van der Waals surface area contributed by atoms with Crippen LogP contribution in [0.3, 0.4) is 0 Å². The highest BCUT2D eigenvalue weighted by molar-refractivity contribution is 14.0. The highest BCUT2D eigenvalue weighted by Crippen LogP contribution is 2.05. The van der Waals surface area contributed by atoms with E-state index in [4.69, 9.17) is 5.73 Å². The number of nitrogens with two attached hydrogens (primary N) is 1. The average molecular weight is 441 g/mol. The molecule has 0 saturated carbocycles. The number of hydrogen-bond donors (Lipinski definition) is 2. The van der Waals surface area contributed by atoms with Crippen LogP contribution in [0.2, 0.25) is 0 Å². The van der Waals surface area contributed by atoms with Gasteiger partial charge in [-0.2, -0.15) is 0 Å². The van der Waals surface area contributed by atoms with Crippen LogP contribution < -0.4 is 11.1 Å². The number of halogens is 1. The first-order chi connectivity index (χ1) is 11.1. The van der Waals surface area contributed by atoms with Crippen LogP contribution >= 0.6 is 24.0 Å². The molecule has 5 nitrogen and oxygen atoms in total. The molecule has 0 radical (unpaired) electrons. The predicted molar refractivity (Wildman–Crippen MR) is 111 cm³/mol. The number of hydrogen-bond acceptors (Lipinski definition) is 2. The zero-order chi connectivity index (χ0) is 16.5. The van der Waals surface area contributed by atoms with Gasteiger partial charge in [-0.3, -0.25) is 4.99 Å². The van der Waals surface area contributed by atoms with Gasteiger partial charge in [0.2, 0.25) is 0 Å². The van der Waals surface area contributed by atoms with E-state index in [-0.39, 0.29) is 24.0 Å². The molecule has 1 heterocycles. The summed E-state index contributed by atoms with van der Waals surface area (Å²) in [5.41, 5.74) is 7.15. The fourth-order valence-corrected chi connectivity index (χ4v) is 2.29. The maximum absolute atomic E-state index is 5.87. The average Bonchev–Trinajstić information content (AvgIpc) is 2.95. The first-order valence-electron chi connectivity index (χ1n) is 8.23. The lowest BCUT2D eigenvalue weighted by Crippen LogP contribution is -2.33. The van der Waals surface area contributed by atoms with Crippen LogP contribution in [0.1, 0.15) is 31.7 Å². The third-order valence-electron chi connectivity index (χ3n) is 3.64. The molecular formula is C18H28IN5. The first-order valence-corrected chi connectivity index (χ1v) is 8.23. The number of nitrogens with zero attached hydrogens (tertiary/aromatic N) is 3. The van der Waals surface area contributed by atoms with Gasteiger partial charge in [0.1, 0.15) is 5.82 Å². The molecule has 2 rings (SSSR count). The SMILES string of the molecule is CC(C)CCN=C(N)NCCc1nccn1Cc1ccccc1.I. The van der Waals surface area contributed by atoms with E-state index in [1.807, 2.05) is 18.5 Å². The summed E-state index contributed by atoms with van der Waals surface area (Å²) in [5, 5.41) is 3.16. The lowest BCUT2D eigenvalue weighted by molar-refractivity contribution is 0.595. The van der Waals surface area contributed by atoms with E-state index in [9.17, 15) is 0 Å². The number of benzene rings is 1. The molecule has 24 heavy (non-hydrogen) atoms. The Kier molecular flexibility index (Phi) is 9.44. The molecule has 1 aromatic heterocycles. The molecule has 0 atom stereocenters. The molecule has 0 amide bonds. The van der Waals surface area contributed by atoms with Crippen LogP contribution in [-0.4, -0.2) is 28.6 Å². The Labute approximate surface area is 161 Å². The van der Waals surface area contributed by atoms with Gasteiger partial charge >= 0.3 is 0 Å². The summed E-state index contributed by atoms with van der Waals surface area (Å²) in [5.74, 6) is 2.22. The number of aliphatic imine (C=N–C) groups is 1. The normalized spacial score (nSPS) is 11.4. The topological polar surface area (TPSA) is 68.2 Å². The molecule has 0 saturated heterocycles. The van der Waals surface area contributed by atoms with Crippen molar-refractivity contribution in [3.63, 3.8) is 0 Å². The second-order valence-corrected chi connectivity index (χ2v) is 6.08. The quantitative estimate of drug-likeness (QED) is 0.376. The van der Waals surface area contributed by atoms with Crippen molar-refractivity contribution < 1.29 is 0 Å². The van der Waals surface area contributed by atoms with Crippen LogP contribution in [0.5, 0.6) is 0 Å². The van der Waals surface area contributed by atoms with E-state index >= 15 is 0 Å². The third kappa shape index (κ3) is 7.33. The Morgan fingerprint density at radius 3 is 2.75 bits per heavy atom. The molecule has 0 bridgehead atoms. The lowest BCUT2D eigenvalue weighted by atomic mass is 10.1. The Morgan fingerprint density at radius 1 is 1.29 bits per heavy atom. The van der Waals surface area contributed by atoms with Crippen LogP contribution in [0.4, 0.5) is 0 Å². The lowest BCUT2D eigenvalue weighted by Gasteiger charge is -2.09. The molecule has 0 aliphatic rings. The second-order valence-electron chi connectivity index (χ2n) is 6.08. The number of rotatable bonds is 8. The zero-order valence-corrected chi connectivity index (χ0v) is 16.8. The number of aromatic nitrogens is 2. The number of nitrogens with one attached hydrogen (secondary N) is 1. The number of imidazole rings is 1. The van der Waals surface area contributed by atoms with E-state index in [1.54, 1.807) is 0 Å². The molecule has 1 aromatic carbocycles. The van der Waals surface area contributed by atoms with Crippen molar-refractivity contribution in [2.45, 2.75) is 33.2 Å². The summed E-state index contributed by atoms with van der Waals surface area (Å²) in [7, 11) is 0. The summed E-state index contributed by atoms with van der Waals surface area (Å²) in [6, 6.07) is 10.4. The van der Waals surface area contributed by atoms with Gasteiger partial charge < -0.3 is 15.6 Å². The highest BCUT2D eigenvalue weighted by Gasteiger charge is 2.03. The Hall–Kier alpha value is -1.57. The monoisotopic (exact) mass is 441 g/mol. The van der Waals surface area contributed by atoms with Gasteiger partial charge in [-0.05, 0) is 17.9 Å². The van der Waals surface area contributed by atoms with Gasteiger partial charge in [0, 0.05) is 38.4 Å². The molecule has 0 unspecified atom stereocenters. The van der Waals surface area contributed by atoms with E-state index in [1.165, 1.54) is 5.56 Å². The van der Waals surface area contributed by atoms with Gasteiger partial charge in [-0.25, -0.2) is 4.98 Å². The van der Waals surface area contributed by atoms with Crippen molar-refractivity contribution in [2.24, 2.45) is 16.6 Å². The molecule has 6 heteroatoms. The van der Waals surface area contributed by atoms with E-state index in [0.29, 0.717) is 11.9 Å². The Bertz CT molecular complexity index is 607. The maximum Gasteiger partial charge on any atom is 0.188 e. The molecule has 3 N–H and O–H groups in total. The minimum atomic E-state index is 0. The minimum Gasteiger partial charge on any atom is -0.370 e. The molecule has 0 spiro atoms. The van der Waals surface area contributed by atoms with Crippen LogP contribution in [-0.2, 0) is 13.0 Å². The van der Waals surface area contributed by atoms with E-state index in [2.05, 4.69) is 58.0 Å². The molecule has 0 aliphatic carbocycles. The summed E-state index contributed by atoms with van der Waals surface area (Å²) in [4.78, 5) is 8.77. The van der Waals surface area contributed by atoms with Gasteiger partial charge in [-0.1, -0.05) is 44.2 Å². The molecule has 132 valence electrons. The standard InChI is InChI=1S/C18H27N5.HI/c1-15(2)8-10-21-18(19)22-11-9-17-20-12-13-23(17)14-16-6-4-3-5-7-16;/h3-7,12-13,15H,8-11,14H2,1-2H3,(H3,19,21,22);1H. The van der Waals surface area contributed by atoms with Crippen LogP contribution in [0.15, 0.2) is 47.7 Å². The van der Waals surface area contributed by atoms with Crippen molar-refractivity contribution in [1.29, 1.82) is 0 Å². The fraction of sp³-hybridized carbons (Fsp3) is 0.444. The molecule has 2 aromatic rings. The Balaban J connectivity index is 0.00000288. The van der Waals surface area contributed by atoms with Gasteiger partial charge in [0.05, 0.1) is 0 Å². The summed E-state index contributed by atoms with van der Waals surface area (Å²) in [6.45, 7) is 6.73. The fourth-order valence-electron chi connectivity index (χ4n) is 2.29. The van der Waals surface area contributed by atoms with Crippen molar-refractivity contribution >= 4 is 29.9 Å². The van der Waals surface area contributed by atoms with Gasteiger partial charge in [0.15, 0.2) is 5.96 Å². The van der Waals surface area contributed by atoms with Gasteiger partial charge in [-0.15, -0.1) is 24.0 Å². The highest BCUT2D eigenvalue weighted by atomic mass is 127. The van der Waals surface area contributed by atoms with Crippen LogP contribution in [0.25, 0.3) is 0 Å². The summed E-state index contributed by atoms with van der Waals surface area (Å²) < 4.78 is 2.17. The Morgan fingerprint density at radius 2 is 2.04 bits per heavy atom. The largest absolute Gasteiger partial charge is 0.370 e. The van der Waals surface area contributed by atoms with E-state index < -0.39 is 0 Å². The number of guanidine groups is 1. The van der Waals surface area contributed by atoms with Crippen molar-refractivity contribution in [3.8, 4) is 0 Å². The van der Waals surface area contributed by atoms with Crippen molar-refractivity contribution in [3.05, 3.63) is 54.1 Å². The molecule has 0 aliphatic heterocycles. The van der Waals surface area contributed by atoms with Crippen molar-refractivity contribution in [1.82, 2.24) is 14.9 Å². The smallest absolute Gasteiger partial charge is 0.188 e. The second kappa shape index (κ2) is 11.1. The minimum absolute atomic E-state index is 0. The molecular weight excluding hydrogens is 413 g/mol. The summed E-state index contributed by atoms with van der Waals surface area (Å²) >= 11 is 0. The predicted octanol–water partition coefficient (Wildman–Crippen LogP) is 3.04. The van der Waals surface area contributed by atoms with E-state index in [0.717, 1.165) is 38.3 Å².